The summed E-state index contributed by atoms with van der Waals surface area (Å²) in [6.45, 7) is 2.58. The molecule has 1 aromatic carbocycles. The second kappa shape index (κ2) is 8.04. The molecule has 0 aliphatic heterocycles. The lowest BCUT2D eigenvalue weighted by Gasteiger charge is -2.08. The summed E-state index contributed by atoms with van der Waals surface area (Å²) in [5.41, 5.74) is 3.16. The molecule has 0 unspecified atom stereocenters. The molecule has 0 fully saturated rings. The van der Waals surface area contributed by atoms with Gasteiger partial charge in [0, 0.05) is 35.9 Å². The molecule has 31 heavy (non-hydrogen) atoms. The Hall–Kier alpha value is -3.98. The fourth-order valence-electron chi connectivity index (χ4n) is 3.17. The number of rotatable bonds is 6. The number of anilines is 1. The first-order valence-electron chi connectivity index (χ1n) is 9.58. The summed E-state index contributed by atoms with van der Waals surface area (Å²) < 4.78 is 9.02. The fourth-order valence-corrected chi connectivity index (χ4v) is 3.95. The van der Waals surface area contributed by atoms with E-state index >= 15 is 0 Å². The summed E-state index contributed by atoms with van der Waals surface area (Å²) in [5, 5.41) is 9.98. The Morgan fingerprint density at radius 1 is 1.23 bits per heavy atom. The zero-order valence-corrected chi connectivity index (χ0v) is 17.4. The normalized spacial score (nSPS) is 11.0. The number of amides is 1. The summed E-state index contributed by atoms with van der Waals surface area (Å²) in [6, 6.07) is 13.0. The zero-order valence-electron chi connectivity index (χ0n) is 16.6. The van der Waals surface area contributed by atoms with Crippen molar-refractivity contribution in [2.75, 3.05) is 5.32 Å². The quantitative estimate of drug-likeness (QED) is 0.431. The van der Waals surface area contributed by atoms with E-state index in [2.05, 4.69) is 20.4 Å². The van der Waals surface area contributed by atoms with Gasteiger partial charge in [0.25, 0.3) is 5.91 Å². The highest BCUT2D eigenvalue weighted by Crippen LogP contribution is 2.26. The van der Waals surface area contributed by atoms with Crippen LogP contribution in [0.25, 0.3) is 16.6 Å². The van der Waals surface area contributed by atoms with E-state index in [0.29, 0.717) is 28.8 Å². The Morgan fingerprint density at radius 3 is 2.84 bits per heavy atom. The van der Waals surface area contributed by atoms with Gasteiger partial charge in [0.2, 0.25) is 5.13 Å². The van der Waals surface area contributed by atoms with Gasteiger partial charge < -0.3 is 14.3 Å². The predicted octanol–water partition coefficient (Wildman–Crippen LogP) is 4.39. The lowest BCUT2D eigenvalue weighted by molar-refractivity contribution is 0.102. The van der Waals surface area contributed by atoms with Gasteiger partial charge in [0.1, 0.15) is 11.5 Å². The Kier molecular flexibility index (Phi) is 4.93. The highest BCUT2D eigenvalue weighted by atomic mass is 32.1. The molecule has 5 aromatic rings. The van der Waals surface area contributed by atoms with Crippen LogP contribution in [0.1, 0.15) is 21.6 Å². The summed E-state index contributed by atoms with van der Waals surface area (Å²) in [4.78, 5) is 21.5. The van der Waals surface area contributed by atoms with E-state index in [1.165, 1.54) is 11.3 Å². The Balaban J connectivity index is 1.34. The number of aryl methyl sites for hydroxylation is 1. The van der Waals surface area contributed by atoms with Crippen LogP contribution in [0, 0.1) is 6.92 Å². The molecule has 0 spiro atoms. The maximum absolute atomic E-state index is 12.8. The molecule has 5 rings (SSSR count). The largest absolute Gasteiger partial charge is 0.463 e. The van der Waals surface area contributed by atoms with Gasteiger partial charge in [0.15, 0.2) is 5.76 Å². The van der Waals surface area contributed by atoms with Crippen molar-refractivity contribution in [2.24, 2.45) is 0 Å². The fraction of sp³-hybridized carbons (Fsp3) is 0.0909. The van der Waals surface area contributed by atoms with E-state index in [1.54, 1.807) is 23.5 Å². The minimum absolute atomic E-state index is 0.210. The average Bonchev–Trinajstić information content (AvgIpc) is 3.56. The standard InChI is InChI=1S/C22H18N6O2S/c1-15-11-20(28(26-15)22-24-18(13-31-22)19-3-2-10-30-19)25-21(29)17-6-4-16(5-7-17)12-27-9-8-23-14-27/h2-11,13-14H,12H2,1H3,(H,25,29). The highest BCUT2D eigenvalue weighted by molar-refractivity contribution is 7.12. The minimum atomic E-state index is -0.210. The van der Waals surface area contributed by atoms with Crippen LogP contribution in [-0.2, 0) is 6.54 Å². The van der Waals surface area contributed by atoms with Crippen molar-refractivity contribution in [1.29, 1.82) is 0 Å². The molecule has 0 aliphatic rings. The first-order chi connectivity index (χ1) is 15.2. The van der Waals surface area contributed by atoms with Crippen molar-refractivity contribution in [3.63, 3.8) is 0 Å². The molecule has 0 saturated heterocycles. The van der Waals surface area contributed by atoms with Crippen molar-refractivity contribution >= 4 is 23.1 Å². The smallest absolute Gasteiger partial charge is 0.256 e. The van der Waals surface area contributed by atoms with Crippen LogP contribution in [0.2, 0.25) is 0 Å². The van der Waals surface area contributed by atoms with Crippen molar-refractivity contribution in [1.82, 2.24) is 24.3 Å². The molecule has 154 valence electrons. The van der Waals surface area contributed by atoms with Crippen molar-refractivity contribution in [3.8, 4) is 16.6 Å². The van der Waals surface area contributed by atoms with Crippen LogP contribution in [-0.4, -0.2) is 30.2 Å². The molecule has 0 aliphatic carbocycles. The second-order valence-electron chi connectivity index (χ2n) is 6.96. The summed E-state index contributed by atoms with van der Waals surface area (Å²) in [7, 11) is 0. The summed E-state index contributed by atoms with van der Waals surface area (Å²) in [6.07, 6.45) is 7.02. The number of carbonyl (C=O) groups is 1. The van der Waals surface area contributed by atoms with Crippen LogP contribution < -0.4 is 5.32 Å². The highest BCUT2D eigenvalue weighted by Gasteiger charge is 2.16. The van der Waals surface area contributed by atoms with Gasteiger partial charge >= 0.3 is 0 Å². The third-order valence-corrected chi connectivity index (χ3v) is 5.48. The lowest BCUT2D eigenvalue weighted by Crippen LogP contribution is -2.15. The maximum atomic E-state index is 12.8. The topological polar surface area (TPSA) is 90.8 Å². The van der Waals surface area contributed by atoms with Gasteiger partial charge in [-0.25, -0.2) is 9.97 Å². The van der Waals surface area contributed by atoms with Crippen molar-refractivity contribution < 1.29 is 9.21 Å². The SMILES string of the molecule is Cc1cc(NC(=O)c2ccc(Cn3ccnc3)cc2)n(-c2nc(-c3ccco3)cs2)n1. The first-order valence-corrected chi connectivity index (χ1v) is 10.5. The number of imidazole rings is 1. The van der Waals surface area contributed by atoms with Crippen molar-refractivity contribution in [3.05, 3.63) is 89.6 Å². The van der Waals surface area contributed by atoms with E-state index in [1.807, 2.05) is 65.5 Å². The van der Waals surface area contributed by atoms with Gasteiger partial charge in [-0.15, -0.1) is 11.3 Å². The number of benzene rings is 1. The van der Waals surface area contributed by atoms with Gasteiger partial charge in [-0.3, -0.25) is 4.79 Å². The van der Waals surface area contributed by atoms with Crippen molar-refractivity contribution in [2.45, 2.75) is 13.5 Å². The number of hydrogen-bond donors (Lipinski definition) is 1. The minimum Gasteiger partial charge on any atom is -0.463 e. The molecule has 1 N–H and O–H groups in total. The molecule has 1 amide bonds. The number of aromatic nitrogens is 5. The number of hydrogen-bond acceptors (Lipinski definition) is 6. The van der Waals surface area contributed by atoms with E-state index < -0.39 is 0 Å². The summed E-state index contributed by atoms with van der Waals surface area (Å²) in [5.74, 6) is 1.04. The number of nitrogens with zero attached hydrogens (tertiary/aromatic N) is 5. The maximum Gasteiger partial charge on any atom is 0.256 e. The molecule has 0 saturated carbocycles. The third kappa shape index (κ3) is 4.03. The Labute approximate surface area is 181 Å². The number of nitrogens with one attached hydrogen (secondary N) is 1. The number of carbonyl (C=O) groups excluding carboxylic acids is 1. The van der Waals surface area contributed by atoms with Gasteiger partial charge in [-0.2, -0.15) is 9.78 Å². The summed E-state index contributed by atoms with van der Waals surface area (Å²) >= 11 is 1.43. The van der Waals surface area contributed by atoms with Gasteiger partial charge in [0.05, 0.1) is 18.3 Å². The molecule has 9 heteroatoms. The number of thiazole rings is 1. The average molecular weight is 430 g/mol. The van der Waals surface area contributed by atoms with Crippen LogP contribution in [0.5, 0.6) is 0 Å². The van der Waals surface area contributed by atoms with Crippen LogP contribution in [0.3, 0.4) is 0 Å². The molecule has 4 aromatic heterocycles. The Bertz CT molecular complexity index is 1300. The van der Waals surface area contributed by atoms with E-state index in [4.69, 9.17) is 4.42 Å². The molecular weight excluding hydrogens is 412 g/mol. The van der Waals surface area contributed by atoms with Crippen LogP contribution >= 0.6 is 11.3 Å². The van der Waals surface area contributed by atoms with E-state index in [-0.39, 0.29) is 5.91 Å². The molecule has 0 atom stereocenters. The molecular formula is C22H18N6O2S. The monoisotopic (exact) mass is 430 g/mol. The number of furan rings is 1. The van der Waals surface area contributed by atoms with Gasteiger partial charge in [-0.1, -0.05) is 12.1 Å². The molecule has 8 nitrogen and oxygen atoms in total. The third-order valence-electron chi connectivity index (χ3n) is 4.66. The molecule has 0 bridgehead atoms. The van der Waals surface area contributed by atoms with Crippen LogP contribution in [0.15, 0.2) is 77.2 Å². The van der Waals surface area contributed by atoms with E-state index in [9.17, 15) is 4.79 Å². The van der Waals surface area contributed by atoms with E-state index in [0.717, 1.165) is 17.0 Å². The van der Waals surface area contributed by atoms with Crippen LogP contribution in [0.4, 0.5) is 5.82 Å². The lowest BCUT2D eigenvalue weighted by atomic mass is 10.1. The molecule has 0 radical (unpaired) electrons. The zero-order chi connectivity index (χ0) is 21.2. The second-order valence-corrected chi connectivity index (χ2v) is 7.80. The molecule has 4 heterocycles. The first kappa shape index (κ1) is 19.0. The predicted molar refractivity (Wildman–Crippen MR) is 117 cm³/mol. The Morgan fingerprint density at radius 2 is 2.10 bits per heavy atom. The van der Waals surface area contributed by atoms with Gasteiger partial charge in [-0.05, 0) is 36.8 Å².